The van der Waals surface area contributed by atoms with Crippen LogP contribution in [0.15, 0.2) is 72.9 Å². The fourth-order valence-corrected chi connectivity index (χ4v) is 7.26. The molecule has 5 aromatic rings. The van der Waals surface area contributed by atoms with Crippen molar-refractivity contribution in [2.45, 2.75) is 58.7 Å². The van der Waals surface area contributed by atoms with Gasteiger partial charge in [0.15, 0.2) is 0 Å². The summed E-state index contributed by atoms with van der Waals surface area (Å²) in [4.78, 5) is 44.1. The number of carbonyl (C=O) groups excluding carboxylic acids is 2. The van der Waals surface area contributed by atoms with Gasteiger partial charge in [-0.2, -0.15) is 0 Å². The largest absolute Gasteiger partial charge is 0.453 e. The number of H-pyrrole nitrogens is 2. The fraction of sp³-hybridized carbons (Fsp3) is 0.385. The van der Waals surface area contributed by atoms with Crippen molar-refractivity contribution >= 4 is 23.0 Å². The van der Waals surface area contributed by atoms with Crippen LogP contribution in [0.4, 0.5) is 4.79 Å². The average molecular weight is 660 g/mol. The number of methoxy groups -OCH3 is 1. The first-order chi connectivity index (χ1) is 23.7. The van der Waals surface area contributed by atoms with Crippen LogP contribution in [0.3, 0.4) is 0 Å². The zero-order valence-electron chi connectivity index (χ0n) is 28.8. The molecule has 5 atom stereocenters. The standard InChI is InChI=1S/C39H45N7O3/c1-22(2)35(45-39(48)49-5)38(47)46-21-24(4)17-34(46)37-41-20-33(44-37)28-12-10-26(11-13-28)25-6-8-27(9-7-25)29-14-15-30-31(18-29)43-36(42-30)32-16-23(3)19-40-32/h6-15,18,20,22-24,32,34-35,40H,16-17,19,21H2,1-5H3,(H,41,44)(H,42,43)(H,45,48)/t23-,24-,32-,34-,35-/m0/s1. The van der Waals surface area contributed by atoms with Crippen molar-refractivity contribution in [2.75, 3.05) is 20.2 Å². The third-order valence-electron chi connectivity index (χ3n) is 10.0. The molecule has 10 heteroatoms. The SMILES string of the molecule is COC(=O)N[C@H](C(=O)N1C[C@@H](C)C[C@H]1c1nc(-c2ccc(-c3ccc(-c4ccc5[nH]c([C@@H]6C[C@H](C)CN6)nc5c4)cc3)cc2)c[nH]1)C(C)C. The summed E-state index contributed by atoms with van der Waals surface area (Å²) in [6.45, 7) is 9.89. The monoisotopic (exact) mass is 659 g/mol. The molecule has 7 rings (SSSR count). The lowest BCUT2D eigenvalue weighted by Crippen LogP contribution is -2.51. The lowest BCUT2D eigenvalue weighted by atomic mass is 9.99. The molecule has 0 spiro atoms. The van der Waals surface area contributed by atoms with Gasteiger partial charge in [-0.3, -0.25) is 4.79 Å². The highest BCUT2D eigenvalue weighted by Gasteiger charge is 2.40. The van der Waals surface area contributed by atoms with Crippen LogP contribution in [0.5, 0.6) is 0 Å². The molecule has 49 heavy (non-hydrogen) atoms. The zero-order valence-corrected chi connectivity index (χ0v) is 28.8. The summed E-state index contributed by atoms with van der Waals surface area (Å²) in [5, 5.41) is 6.29. The van der Waals surface area contributed by atoms with Crippen molar-refractivity contribution in [1.82, 2.24) is 35.5 Å². The van der Waals surface area contributed by atoms with Gasteiger partial charge >= 0.3 is 6.09 Å². The topological polar surface area (TPSA) is 128 Å². The van der Waals surface area contributed by atoms with Gasteiger partial charge in [-0.15, -0.1) is 0 Å². The summed E-state index contributed by atoms with van der Waals surface area (Å²) >= 11 is 0. The summed E-state index contributed by atoms with van der Waals surface area (Å²) in [7, 11) is 1.30. The van der Waals surface area contributed by atoms with Crippen molar-refractivity contribution in [2.24, 2.45) is 17.8 Å². The van der Waals surface area contributed by atoms with Gasteiger partial charge in [0.05, 0.1) is 35.9 Å². The van der Waals surface area contributed by atoms with Gasteiger partial charge in [0.1, 0.15) is 17.7 Å². The van der Waals surface area contributed by atoms with E-state index in [2.05, 4.69) is 101 Å². The number of nitrogens with zero attached hydrogens (tertiary/aromatic N) is 3. The van der Waals surface area contributed by atoms with Gasteiger partial charge in [-0.25, -0.2) is 14.8 Å². The first kappa shape index (κ1) is 32.6. The Morgan fingerprint density at radius 1 is 0.857 bits per heavy atom. The first-order valence-corrected chi connectivity index (χ1v) is 17.3. The van der Waals surface area contributed by atoms with Crippen LogP contribution in [0.25, 0.3) is 44.5 Å². The minimum atomic E-state index is -0.674. The number of benzene rings is 3. The maximum absolute atomic E-state index is 13.6. The maximum atomic E-state index is 13.6. The molecule has 2 aliphatic heterocycles. The number of aromatic nitrogens is 4. The van der Waals surface area contributed by atoms with Crippen LogP contribution in [0.2, 0.25) is 0 Å². The molecule has 2 amide bonds. The number of amides is 2. The van der Waals surface area contributed by atoms with Crippen LogP contribution < -0.4 is 10.6 Å². The Morgan fingerprint density at radius 3 is 2.14 bits per heavy atom. The molecule has 4 N–H and O–H groups in total. The number of likely N-dealkylation sites (tertiary alicyclic amines) is 1. The summed E-state index contributed by atoms with van der Waals surface area (Å²) in [5.41, 5.74) is 8.43. The zero-order chi connectivity index (χ0) is 34.2. The van der Waals surface area contributed by atoms with Gasteiger partial charge in [-0.05, 0) is 71.5 Å². The molecule has 10 nitrogen and oxygen atoms in total. The highest BCUT2D eigenvalue weighted by atomic mass is 16.5. The molecule has 2 fully saturated rings. The van der Waals surface area contributed by atoms with Crippen molar-refractivity contribution in [1.29, 1.82) is 0 Å². The summed E-state index contributed by atoms with van der Waals surface area (Å²) < 4.78 is 4.77. The van der Waals surface area contributed by atoms with Crippen LogP contribution in [-0.2, 0) is 9.53 Å². The van der Waals surface area contributed by atoms with E-state index in [-0.39, 0.29) is 17.9 Å². The molecule has 2 aromatic heterocycles. The normalized spacial score (nSPS) is 21.4. The van der Waals surface area contributed by atoms with Crippen LogP contribution in [-0.4, -0.2) is 63.1 Å². The third-order valence-corrected chi connectivity index (χ3v) is 10.0. The van der Waals surface area contributed by atoms with Crippen molar-refractivity contribution in [3.63, 3.8) is 0 Å². The number of fused-ring (bicyclic) bond motifs is 1. The van der Waals surface area contributed by atoms with E-state index < -0.39 is 12.1 Å². The quantitative estimate of drug-likeness (QED) is 0.139. The minimum absolute atomic E-state index is 0.0899. The van der Waals surface area contributed by atoms with Crippen molar-refractivity contribution < 1.29 is 14.3 Å². The molecule has 254 valence electrons. The van der Waals surface area contributed by atoms with Crippen LogP contribution >= 0.6 is 0 Å². The number of ether oxygens (including phenoxy) is 1. The Hall–Kier alpha value is -4.96. The average Bonchev–Trinajstić information content (AvgIpc) is 3.93. The molecule has 0 unspecified atom stereocenters. The highest BCUT2D eigenvalue weighted by molar-refractivity contribution is 5.86. The molecule has 3 aromatic carbocycles. The first-order valence-electron chi connectivity index (χ1n) is 17.3. The molecule has 2 aliphatic rings. The Morgan fingerprint density at radius 2 is 1.51 bits per heavy atom. The van der Waals surface area contributed by atoms with E-state index in [0.29, 0.717) is 24.4 Å². The van der Waals surface area contributed by atoms with Gasteiger partial charge in [0.2, 0.25) is 5.91 Å². The summed E-state index contributed by atoms with van der Waals surface area (Å²) in [5.74, 6) is 2.54. The van der Waals surface area contributed by atoms with Gasteiger partial charge in [-0.1, -0.05) is 82.3 Å². The predicted molar refractivity (Wildman–Crippen MR) is 191 cm³/mol. The lowest BCUT2D eigenvalue weighted by molar-refractivity contribution is -0.135. The number of nitrogens with one attached hydrogen (secondary N) is 4. The number of alkyl carbamates (subject to hydrolysis) is 1. The van der Waals surface area contributed by atoms with E-state index in [1.54, 1.807) is 0 Å². The summed E-state index contributed by atoms with van der Waals surface area (Å²) in [6, 6.07) is 22.9. The number of aromatic amines is 2. The highest BCUT2D eigenvalue weighted by Crippen LogP contribution is 2.36. The van der Waals surface area contributed by atoms with E-state index in [9.17, 15) is 9.59 Å². The molecule has 4 heterocycles. The minimum Gasteiger partial charge on any atom is -0.453 e. The van der Waals surface area contributed by atoms with E-state index >= 15 is 0 Å². The number of carbonyl (C=O) groups is 2. The smallest absolute Gasteiger partial charge is 0.407 e. The molecule has 2 saturated heterocycles. The number of hydrogen-bond acceptors (Lipinski definition) is 6. The van der Waals surface area contributed by atoms with Gasteiger partial charge in [0.25, 0.3) is 0 Å². The van der Waals surface area contributed by atoms with Crippen LogP contribution in [0, 0.1) is 17.8 Å². The molecule has 0 saturated carbocycles. The number of imidazole rings is 2. The molecular formula is C39H45N7O3. The molecule has 0 radical (unpaired) electrons. The lowest BCUT2D eigenvalue weighted by Gasteiger charge is -2.30. The Kier molecular flexibility index (Phi) is 8.98. The van der Waals surface area contributed by atoms with Gasteiger partial charge in [0, 0.05) is 18.3 Å². The maximum Gasteiger partial charge on any atom is 0.407 e. The third kappa shape index (κ3) is 6.70. The second-order valence-electron chi connectivity index (χ2n) is 14.2. The number of hydrogen-bond donors (Lipinski definition) is 4. The van der Waals surface area contributed by atoms with Crippen LogP contribution in [0.1, 0.15) is 64.3 Å². The second kappa shape index (κ2) is 13.5. The van der Waals surface area contributed by atoms with E-state index in [1.165, 1.54) is 7.11 Å². The van der Waals surface area contributed by atoms with Crippen molar-refractivity contribution in [3.8, 4) is 33.5 Å². The van der Waals surface area contributed by atoms with Crippen molar-refractivity contribution in [3.05, 3.63) is 84.6 Å². The fourth-order valence-electron chi connectivity index (χ4n) is 7.26. The summed E-state index contributed by atoms with van der Waals surface area (Å²) in [6.07, 6.45) is 3.20. The number of rotatable bonds is 8. The molecule has 0 aliphatic carbocycles. The van der Waals surface area contributed by atoms with E-state index in [0.717, 1.165) is 75.6 Å². The molecule has 0 bridgehead atoms. The Bertz CT molecular complexity index is 1950. The van der Waals surface area contributed by atoms with E-state index in [1.807, 2.05) is 24.9 Å². The second-order valence-corrected chi connectivity index (χ2v) is 14.2. The Labute approximate surface area is 287 Å². The Balaban J connectivity index is 1.04. The predicted octanol–water partition coefficient (Wildman–Crippen LogP) is 7.25. The van der Waals surface area contributed by atoms with E-state index in [4.69, 9.17) is 14.7 Å². The molecular weight excluding hydrogens is 614 g/mol. The van der Waals surface area contributed by atoms with Gasteiger partial charge < -0.3 is 30.2 Å².